The Morgan fingerprint density at radius 3 is 1.09 bits per heavy atom. The average molecular weight is 917 g/mol. The Labute approximate surface area is 405 Å². The van der Waals surface area contributed by atoms with Crippen molar-refractivity contribution in [1.82, 2.24) is 5.32 Å². The van der Waals surface area contributed by atoms with Gasteiger partial charge in [0.1, 0.15) is 0 Å². The van der Waals surface area contributed by atoms with E-state index < -0.39 is 12.1 Å². The van der Waals surface area contributed by atoms with Gasteiger partial charge in [0.05, 0.1) is 25.4 Å². The number of esters is 1. The quantitative estimate of drug-likeness (QED) is 0.0321. The highest BCUT2D eigenvalue weighted by atomic mass is 16.5. The summed E-state index contributed by atoms with van der Waals surface area (Å²) < 4.78 is 5.43. The molecule has 0 heterocycles. The number of aliphatic hydroxyl groups is 2. The van der Waals surface area contributed by atoms with Crippen LogP contribution in [0.1, 0.15) is 316 Å². The Morgan fingerprint density at radius 2 is 0.723 bits per heavy atom. The molecule has 6 nitrogen and oxygen atoms in total. The minimum absolute atomic E-state index is 0.0241. The van der Waals surface area contributed by atoms with Gasteiger partial charge in [-0.1, -0.05) is 263 Å². The second-order valence-corrected chi connectivity index (χ2v) is 20.0. The van der Waals surface area contributed by atoms with Gasteiger partial charge in [0.15, 0.2) is 0 Å². The summed E-state index contributed by atoms with van der Waals surface area (Å²) >= 11 is 0. The molecule has 0 bridgehead atoms. The van der Waals surface area contributed by atoms with E-state index in [0.29, 0.717) is 19.4 Å². The standard InChI is InChI=1S/C59H113NO5/c1-3-5-7-9-11-13-15-16-17-18-19-20-21-22-23-24-25-26-27-28-32-35-39-43-47-51-57(62)56(55-61)60-58(63)52-48-44-40-36-33-29-30-34-38-42-46-50-54-65-59(64)53-49-45-41-37-31-14-12-10-8-6-4-2/h30,34,47,51,56-57,61-62H,3-29,31-33,35-46,48-50,52-55H2,1-2H3,(H,60,63)/b34-30-,51-47+. The maximum Gasteiger partial charge on any atom is 0.305 e. The van der Waals surface area contributed by atoms with E-state index in [2.05, 4.69) is 31.3 Å². The van der Waals surface area contributed by atoms with E-state index in [9.17, 15) is 19.8 Å². The predicted octanol–water partition coefficient (Wildman–Crippen LogP) is 17.9. The molecule has 0 aliphatic carbocycles. The minimum Gasteiger partial charge on any atom is -0.466 e. The van der Waals surface area contributed by atoms with Crippen molar-refractivity contribution in [2.24, 2.45) is 0 Å². The molecule has 6 heteroatoms. The van der Waals surface area contributed by atoms with Gasteiger partial charge in [0.25, 0.3) is 0 Å². The summed E-state index contributed by atoms with van der Waals surface area (Å²) in [5.41, 5.74) is 0. The minimum atomic E-state index is -0.861. The molecule has 0 saturated heterocycles. The van der Waals surface area contributed by atoms with Crippen LogP contribution in [0, 0.1) is 0 Å². The lowest BCUT2D eigenvalue weighted by Gasteiger charge is -2.20. The third kappa shape index (κ3) is 51.6. The van der Waals surface area contributed by atoms with Gasteiger partial charge in [-0.25, -0.2) is 0 Å². The van der Waals surface area contributed by atoms with E-state index in [-0.39, 0.29) is 18.5 Å². The van der Waals surface area contributed by atoms with E-state index >= 15 is 0 Å². The maximum absolute atomic E-state index is 12.5. The van der Waals surface area contributed by atoms with Gasteiger partial charge in [0, 0.05) is 12.8 Å². The molecule has 0 aromatic rings. The first-order chi connectivity index (χ1) is 32.0. The summed E-state index contributed by atoms with van der Waals surface area (Å²) in [6.45, 7) is 4.86. The summed E-state index contributed by atoms with van der Waals surface area (Å²) in [4.78, 5) is 24.5. The van der Waals surface area contributed by atoms with Gasteiger partial charge < -0.3 is 20.3 Å². The number of ether oxygens (including phenoxy) is 1. The molecule has 0 aliphatic rings. The molecule has 0 spiro atoms. The van der Waals surface area contributed by atoms with Crippen LogP contribution in [0.5, 0.6) is 0 Å². The molecular formula is C59H113NO5. The second kappa shape index (κ2) is 54.9. The van der Waals surface area contributed by atoms with Crippen LogP contribution in [0.15, 0.2) is 24.3 Å². The van der Waals surface area contributed by atoms with E-state index in [1.165, 1.54) is 212 Å². The van der Waals surface area contributed by atoms with Gasteiger partial charge in [-0.3, -0.25) is 9.59 Å². The molecular weight excluding hydrogens is 803 g/mol. The number of rotatable bonds is 54. The molecule has 0 radical (unpaired) electrons. The number of hydrogen-bond donors (Lipinski definition) is 3. The number of amides is 1. The van der Waals surface area contributed by atoms with Gasteiger partial charge in [-0.15, -0.1) is 0 Å². The lowest BCUT2D eigenvalue weighted by atomic mass is 10.0. The zero-order valence-corrected chi connectivity index (χ0v) is 43.7. The summed E-state index contributed by atoms with van der Waals surface area (Å²) in [6, 6.07) is -0.647. The Hall–Kier alpha value is -1.66. The van der Waals surface area contributed by atoms with Gasteiger partial charge in [-0.2, -0.15) is 0 Å². The second-order valence-electron chi connectivity index (χ2n) is 20.0. The van der Waals surface area contributed by atoms with Crippen LogP contribution in [-0.2, 0) is 14.3 Å². The molecule has 384 valence electrons. The molecule has 1 amide bonds. The van der Waals surface area contributed by atoms with Crippen LogP contribution in [0.2, 0.25) is 0 Å². The number of carbonyl (C=O) groups is 2. The van der Waals surface area contributed by atoms with E-state index in [4.69, 9.17) is 4.74 Å². The topological polar surface area (TPSA) is 95.9 Å². The average Bonchev–Trinajstić information content (AvgIpc) is 3.31. The van der Waals surface area contributed by atoms with E-state index in [1.54, 1.807) is 6.08 Å². The van der Waals surface area contributed by atoms with Crippen molar-refractivity contribution in [2.75, 3.05) is 13.2 Å². The van der Waals surface area contributed by atoms with Crippen molar-refractivity contribution in [3.63, 3.8) is 0 Å². The Bertz CT molecular complexity index is 1010. The number of hydrogen-bond acceptors (Lipinski definition) is 5. The summed E-state index contributed by atoms with van der Waals surface area (Å²) in [6.07, 6.45) is 66.3. The molecule has 2 atom stereocenters. The Kier molecular flexibility index (Phi) is 53.5. The van der Waals surface area contributed by atoms with Crippen LogP contribution in [0.3, 0.4) is 0 Å². The fraction of sp³-hybridized carbons (Fsp3) is 0.898. The van der Waals surface area contributed by atoms with Crippen molar-refractivity contribution >= 4 is 11.9 Å². The number of unbranched alkanes of at least 4 members (excludes halogenated alkanes) is 41. The van der Waals surface area contributed by atoms with E-state index in [0.717, 1.165) is 77.0 Å². The fourth-order valence-corrected chi connectivity index (χ4v) is 8.98. The highest BCUT2D eigenvalue weighted by Gasteiger charge is 2.18. The first kappa shape index (κ1) is 63.3. The van der Waals surface area contributed by atoms with Crippen LogP contribution in [0.4, 0.5) is 0 Å². The molecule has 0 aromatic carbocycles. The molecule has 0 fully saturated rings. The number of carbonyl (C=O) groups excluding carboxylic acids is 2. The summed E-state index contributed by atoms with van der Waals surface area (Å²) in [7, 11) is 0. The first-order valence-electron chi connectivity index (χ1n) is 29.1. The molecule has 65 heavy (non-hydrogen) atoms. The zero-order valence-electron chi connectivity index (χ0n) is 43.7. The number of aliphatic hydroxyl groups excluding tert-OH is 2. The van der Waals surface area contributed by atoms with Crippen molar-refractivity contribution in [3.8, 4) is 0 Å². The SMILES string of the molecule is CCCCCCCCCCCCCCCCCCCCCCCCC/C=C/C(O)C(CO)NC(=O)CCCCCCC/C=C\CCCCCOC(=O)CCCCCCCCCCCCC. The molecule has 0 aliphatic heterocycles. The zero-order chi connectivity index (χ0) is 47.2. The van der Waals surface area contributed by atoms with Gasteiger partial charge in [0.2, 0.25) is 5.91 Å². The van der Waals surface area contributed by atoms with Gasteiger partial charge in [-0.05, 0) is 64.2 Å². The third-order valence-electron chi connectivity index (χ3n) is 13.5. The normalized spacial score (nSPS) is 12.7. The van der Waals surface area contributed by atoms with Crippen LogP contribution < -0.4 is 5.32 Å². The highest BCUT2D eigenvalue weighted by Crippen LogP contribution is 2.17. The van der Waals surface area contributed by atoms with Crippen molar-refractivity contribution in [1.29, 1.82) is 0 Å². The van der Waals surface area contributed by atoms with Crippen molar-refractivity contribution < 1.29 is 24.5 Å². The van der Waals surface area contributed by atoms with Crippen molar-refractivity contribution in [3.05, 3.63) is 24.3 Å². The first-order valence-corrected chi connectivity index (χ1v) is 29.1. The monoisotopic (exact) mass is 916 g/mol. The van der Waals surface area contributed by atoms with Crippen LogP contribution in [-0.4, -0.2) is 47.4 Å². The maximum atomic E-state index is 12.5. The lowest BCUT2D eigenvalue weighted by Crippen LogP contribution is -2.45. The predicted molar refractivity (Wildman–Crippen MR) is 283 cm³/mol. The van der Waals surface area contributed by atoms with E-state index in [1.807, 2.05) is 6.08 Å². The van der Waals surface area contributed by atoms with Crippen molar-refractivity contribution in [2.45, 2.75) is 328 Å². The number of nitrogens with one attached hydrogen (secondary N) is 1. The van der Waals surface area contributed by atoms with Gasteiger partial charge >= 0.3 is 5.97 Å². The summed E-state index contributed by atoms with van der Waals surface area (Å²) in [5.74, 6) is -0.115. The molecule has 0 saturated carbocycles. The third-order valence-corrected chi connectivity index (χ3v) is 13.5. The Balaban J connectivity index is 3.52. The molecule has 0 aromatic heterocycles. The Morgan fingerprint density at radius 1 is 0.415 bits per heavy atom. The van der Waals surface area contributed by atoms with Crippen LogP contribution in [0.25, 0.3) is 0 Å². The summed E-state index contributed by atoms with van der Waals surface area (Å²) in [5, 5.41) is 23.2. The smallest absolute Gasteiger partial charge is 0.305 e. The highest BCUT2D eigenvalue weighted by molar-refractivity contribution is 5.76. The largest absolute Gasteiger partial charge is 0.466 e. The number of allylic oxidation sites excluding steroid dienone is 3. The molecule has 0 rings (SSSR count). The lowest BCUT2D eigenvalue weighted by molar-refractivity contribution is -0.143. The van der Waals surface area contributed by atoms with Crippen LogP contribution >= 0.6 is 0 Å². The molecule has 3 N–H and O–H groups in total. The molecule has 2 unspecified atom stereocenters. The fourth-order valence-electron chi connectivity index (χ4n) is 8.98.